The first-order chi connectivity index (χ1) is 6.61. The second-order valence-electron chi connectivity index (χ2n) is 2.75. The third kappa shape index (κ3) is 1.17. The van der Waals surface area contributed by atoms with Crippen molar-refractivity contribution in [1.29, 1.82) is 0 Å². The number of nitrogens with zero attached hydrogens (tertiary/aromatic N) is 1. The minimum Gasteiger partial charge on any atom is -0.506 e. The van der Waals surface area contributed by atoms with E-state index in [1.165, 1.54) is 12.4 Å². The summed E-state index contributed by atoms with van der Waals surface area (Å²) in [6.07, 6.45) is 1.19. The van der Waals surface area contributed by atoms with Gasteiger partial charge >= 0.3 is 0 Å². The first-order valence-corrected chi connectivity index (χ1v) is 4.13. The highest BCUT2D eigenvalue weighted by Crippen LogP contribution is 2.23. The van der Waals surface area contributed by atoms with Gasteiger partial charge in [-0.15, -0.1) is 0 Å². The summed E-state index contributed by atoms with van der Waals surface area (Å²) in [5, 5.41) is 9.65. The van der Waals surface area contributed by atoms with Crippen molar-refractivity contribution in [3.63, 3.8) is 0 Å². The van der Waals surface area contributed by atoms with Gasteiger partial charge in [-0.05, 0) is 6.07 Å². The van der Waals surface area contributed by atoms with Gasteiger partial charge < -0.3 is 10.1 Å². The number of aromatic hydroxyl groups is 1. The van der Waals surface area contributed by atoms with Crippen molar-refractivity contribution >= 4 is 35.8 Å². The van der Waals surface area contributed by atoms with Crippen LogP contribution in [0.2, 0.25) is 5.02 Å². The molecule has 0 saturated carbocycles. The van der Waals surface area contributed by atoms with Crippen LogP contribution in [0.15, 0.2) is 17.2 Å². The van der Waals surface area contributed by atoms with Crippen LogP contribution in [0.1, 0.15) is 0 Å². The summed E-state index contributed by atoms with van der Waals surface area (Å²) < 4.78 is 0. The lowest BCUT2D eigenvalue weighted by molar-refractivity contribution is 0.480. The normalized spacial score (nSPS) is 10.6. The van der Waals surface area contributed by atoms with E-state index >= 15 is 0 Å². The fourth-order valence-corrected chi connectivity index (χ4v) is 1.45. The fraction of sp³-hybridized carbons (Fsp3) is 0. The molecule has 0 atom stereocenters. The lowest BCUT2D eigenvalue weighted by atomic mass is 9.94. The second kappa shape index (κ2) is 3.03. The van der Waals surface area contributed by atoms with Crippen LogP contribution < -0.4 is 11.0 Å². The highest BCUT2D eigenvalue weighted by molar-refractivity contribution is 6.48. The lowest BCUT2D eigenvalue weighted by Crippen LogP contribution is -2.13. The Morgan fingerprint density at radius 1 is 1.57 bits per heavy atom. The quantitative estimate of drug-likeness (QED) is 0.600. The van der Waals surface area contributed by atoms with Gasteiger partial charge in [-0.25, -0.2) is 4.98 Å². The van der Waals surface area contributed by atoms with Gasteiger partial charge in [-0.3, -0.25) is 4.79 Å². The first-order valence-electron chi connectivity index (χ1n) is 3.75. The molecule has 0 bridgehead atoms. The van der Waals surface area contributed by atoms with Crippen molar-refractivity contribution in [2.75, 3.05) is 0 Å². The average Bonchev–Trinajstić information content (AvgIpc) is 2.14. The molecule has 2 rings (SSSR count). The van der Waals surface area contributed by atoms with Crippen LogP contribution in [0.3, 0.4) is 0 Å². The van der Waals surface area contributed by atoms with Gasteiger partial charge in [-0.2, -0.15) is 0 Å². The summed E-state index contributed by atoms with van der Waals surface area (Å²) in [5.41, 5.74) is -0.134. The number of hydrogen-bond donors (Lipinski definition) is 2. The molecular formula is C8H4BClN2O2. The number of benzene rings is 1. The highest BCUT2D eigenvalue weighted by atomic mass is 35.5. The van der Waals surface area contributed by atoms with Crippen molar-refractivity contribution in [3.8, 4) is 5.75 Å². The predicted octanol–water partition coefficient (Wildman–Crippen LogP) is 0.0759. The van der Waals surface area contributed by atoms with Crippen LogP contribution in [-0.2, 0) is 0 Å². The third-order valence-corrected chi connectivity index (χ3v) is 2.27. The summed E-state index contributed by atoms with van der Waals surface area (Å²) in [5.74, 6) is -0.159. The largest absolute Gasteiger partial charge is 0.506 e. The maximum atomic E-state index is 11.4. The van der Waals surface area contributed by atoms with E-state index in [2.05, 4.69) is 9.97 Å². The Morgan fingerprint density at radius 2 is 2.29 bits per heavy atom. The fourth-order valence-electron chi connectivity index (χ4n) is 1.22. The van der Waals surface area contributed by atoms with Gasteiger partial charge in [0.15, 0.2) is 0 Å². The molecule has 14 heavy (non-hydrogen) atoms. The molecule has 0 saturated heterocycles. The number of phenolic OH excluding ortho intramolecular Hbond substituents is 1. The molecule has 2 N–H and O–H groups in total. The second-order valence-corrected chi connectivity index (χ2v) is 3.13. The number of H-pyrrole nitrogens is 1. The molecule has 4 nitrogen and oxygen atoms in total. The molecule has 0 amide bonds. The SMILES string of the molecule is [B]c1cc(O)c2nc[nH]c(=O)c2c1Cl. The number of phenols is 1. The molecule has 68 valence electrons. The number of hydrogen-bond acceptors (Lipinski definition) is 3. The number of halogens is 1. The van der Waals surface area contributed by atoms with Gasteiger partial charge in [0.25, 0.3) is 5.56 Å². The molecule has 0 aliphatic carbocycles. The Bertz CT molecular complexity index is 567. The van der Waals surface area contributed by atoms with E-state index in [0.29, 0.717) is 0 Å². The van der Waals surface area contributed by atoms with Gasteiger partial charge in [0.2, 0.25) is 0 Å². The highest BCUT2D eigenvalue weighted by Gasteiger charge is 2.10. The van der Waals surface area contributed by atoms with Crippen LogP contribution in [-0.4, -0.2) is 22.9 Å². The predicted molar refractivity (Wildman–Crippen MR) is 54.4 cm³/mol. The first kappa shape index (κ1) is 9.08. The number of nitrogens with one attached hydrogen (secondary N) is 1. The molecule has 1 heterocycles. The zero-order valence-corrected chi connectivity index (χ0v) is 7.67. The van der Waals surface area contributed by atoms with Crippen molar-refractivity contribution in [1.82, 2.24) is 9.97 Å². The van der Waals surface area contributed by atoms with Gasteiger partial charge in [0.05, 0.1) is 11.7 Å². The zero-order valence-electron chi connectivity index (χ0n) is 6.91. The minimum atomic E-state index is -0.428. The van der Waals surface area contributed by atoms with Crippen molar-refractivity contribution in [2.24, 2.45) is 0 Å². The Kier molecular flexibility index (Phi) is 1.96. The van der Waals surface area contributed by atoms with E-state index < -0.39 is 5.56 Å². The van der Waals surface area contributed by atoms with Gasteiger partial charge in [-0.1, -0.05) is 17.1 Å². The minimum absolute atomic E-state index is 0.103. The van der Waals surface area contributed by atoms with Crippen molar-refractivity contribution in [2.45, 2.75) is 0 Å². The molecule has 6 heteroatoms. The summed E-state index contributed by atoms with van der Waals surface area (Å²) in [6, 6.07) is 1.26. The van der Waals surface area contributed by atoms with E-state index in [4.69, 9.17) is 19.4 Å². The lowest BCUT2D eigenvalue weighted by Gasteiger charge is -2.04. The molecule has 0 aliphatic rings. The Morgan fingerprint density at radius 3 is 3.00 bits per heavy atom. The third-order valence-electron chi connectivity index (χ3n) is 1.86. The maximum absolute atomic E-state index is 11.4. The number of fused-ring (bicyclic) bond motifs is 1. The van der Waals surface area contributed by atoms with Crippen LogP contribution >= 0.6 is 11.6 Å². The molecule has 2 radical (unpaired) electrons. The van der Waals surface area contributed by atoms with Crippen LogP contribution in [0, 0.1) is 0 Å². The number of rotatable bonds is 0. The van der Waals surface area contributed by atoms with Gasteiger partial charge in [0.1, 0.15) is 19.1 Å². The monoisotopic (exact) mass is 206 g/mol. The molecule has 0 unspecified atom stereocenters. The average molecular weight is 206 g/mol. The number of aromatic nitrogens is 2. The summed E-state index contributed by atoms with van der Waals surface area (Å²) in [6.45, 7) is 0. The van der Waals surface area contributed by atoms with E-state index in [-0.39, 0.29) is 27.1 Å². The van der Waals surface area contributed by atoms with E-state index in [1.807, 2.05) is 0 Å². The van der Waals surface area contributed by atoms with Crippen molar-refractivity contribution in [3.05, 3.63) is 27.8 Å². The summed E-state index contributed by atoms with van der Waals surface area (Å²) >= 11 is 5.81. The zero-order chi connectivity index (χ0) is 10.3. The molecule has 2 aromatic rings. The molecular weight excluding hydrogens is 202 g/mol. The van der Waals surface area contributed by atoms with Crippen LogP contribution in [0.25, 0.3) is 10.9 Å². The standard InChI is InChI=1S/C8H4BClN2O2/c9-3-1-4(13)7-5(6(3)10)8(14)12-2-11-7/h1-2,13H,(H,11,12,14). The molecule has 1 aromatic heterocycles. The van der Waals surface area contributed by atoms with Crippen LogP contribution in [0.4, 0.5) is 0 Å². The van der Waals surface area contributed by atoms with Crippen LogP contribution in [0.5, 0.6) is 5.75 Å². The summed E-state index contributed by atoms with van der Waals surface area (Å²) in [4.78, 5) is 17.5. The maximum Gasteiger partial charge on any atom is 0.260 e. The Balaban J connectivity index is 3.11. The van der Waals surface area contributed by atoms with E-state index in [9.17, 15) is 9.90 Å². The molecule has 0 fully saturated rings. The Hall–Kier alpha value is -1.49. The molecule has 1 aromatic carbocycles. The number of aromatic amines is 1. The molecule has 0 spiro atoms. The van der Waals surface area contributed by atoms with E-state index in [0.717, 1.165) is 0 Å². The van der Waals surface area contributed by atoms with Gasteiger partial charge in [0, 0.05) is 5.02 Å². The molecule has 0 aliphatic heterocycles. The van der Waals surface area contributed by atoms with Crippen molar-refractivity contribution < 1.29 is 5.11 Å². The topological polar surface area (TPSA) is 66.0 Å². The smallest absolute Gasteiger partial charge is 0.260 e. The Labute approximate surface area is 85.0 Å². The summed E-state index contributed by atoms with van der Waals surface area (Å²) in [7, 11) is 5.48. The van der Waals surface area contributed by atoms with E-state index in [1.54, 1.807) is 0 Å².